The summed E-state index contributed by atoms with van der Waals surface area (Å²) < 4.78 is 33.2. The number of hydrogen-bond acceptors (Lipinski definition) is 3. The van der Waals surface area contributed by atoms with Crippen molar-refractivity contribution in [2.75, 3.05) is 12.3 Å². The molecule has 1 unspecified atom stereocenters. The molecule has 6 heteroatoms. The Morgan fingerprint density at radius 3 is 2.67 bits per heavy atom. The minimum Gasteiger partial charge on any atom is -0.488 e. The quantitative estimate of drug-likeness (QED) is 0.758. The van der Waals surface area contributed by atoms with E-state index in [4.69, 9.17) is 11.3 Å². The summed E-state index contributed by atoms with van der Waals surface area (Å²) in [6, 6.07) is 5.04. The van der Waals surface area contributed by atoms with Gasteiger partial charge in [-0.2, -0.15) is 4.31 Å². The second-order valence-electron chi connectivity index (χ2n) is 7.33. The summed E-state index contributed by atoms with van der Waals surface area (Å²) >= 11 is 0. The molecule has 3 rings (SSSR count). The first-order chi connectivity index (χ1) is 11.3. The molecule has 130 valence electrons. The predicted molar refractivity (Wildman–Crippen MR) is 93.7 cm³/mol. The third-order valence-electron chi connectivity index (χ3n) is 4.76. The van der Waals surface area contributed by atoms with Crippen molar-refractivity contribution in [3.05, 3.63) is 35.2 Å². The van der Waals surface area contributed by atoms with Crippen LogP contribution < -0.4 is 4.74 Å². The fourth-order valence-corrected chi connectivity index (χ4v) is 4.63. The maximum absolute atomic E-state index is 12.8. The van der Waals surface area contributed by atoms with Crippen LogP contribution in [0.15, 0.2) is 18.2 Å². The Labute approximate surface area is 144 Å². The highest BCUT2D eigenvalue weighted by Crippen LogP contribution is 2.46. The van der Waals surface area contributed by atoms with E-state index in [-0.39, 0.29) is 11.8 Å². The number of fused-ring (bicyclic) bond motifs is 1. The highest BCUT2D eigenvalue weighted by molar-refractivity contribution is 7.89. The van der Waals surface area contributed by atoms with E-state index in [1.165, 1.54) is 0 Å². The molecule has 1 aliphatic heterocycles. The smallest absolute Gasteiger partial charge is 0.214 e. The van der Waals surface area contributed by atoms with E-state index in [9.17, 15) is 8.42 Å². The van der Waals surface area contributed by atoms with E-state index in [0.717, 1.165) is 18.4 Å². The summed E-state index contributed by atoms with van der Waals surface area (Å²) in [7, 11) is -3.33. The summed E-state index contributed by atoms with van der Waals surface area (Å²) in [4.78, 5) is 3.49. The highest BCUT2D eigenvalue weighted by atomic mass is 32.2. The van der Waals surface area contributed by atoms with Crippen LogP contribution >= 0.6 is 0 Å². The van der Waals surface area contributed by atoms with Crippen molar-refractivity contribution in [3.63, 3.8) is 0 Å². The number of ether oxygens (including phenoxy) is 1. The van der Waals surface area contributed by atoms with Crippen LogP contribution in [0.2, 0.25) is 0 Å². The van der Waals surface area contributed by atoms with E-state index in [1.54, 1.807) is 29.4 Å². The minimum absolute atomic E-state index is 0.0926. The topological polar surface area (TPSA) is 51.0 Å². The van der Waals surface area contributed by atoms with Crippen LogP contribution in [0.1, 0.15) is 51.6 Å². The van der Waals surface area contributed by atoms with Crippen molar-refractivity contribution in [2.45, 2.75) is 51.7 Å². The van der Waals surface area contributed by atoms with Gasteiger partial charge in [0.1, 0.15) is 11.4 Å². The molecule has 0 spiro atoms. The predicted octanol–water partition coefficient (Wildman–Crippen LogP) is 3.90. The molecule has 1 aliphatic carbocycles. The van der Waals surface area contributed by atoms with Gasteiger partial charge < -0.3 is 4.74 Å². The van der Waals surface area contributed by atoms with Gasteiger partial charge >= 0.3 is 0 Å². The molecule has 2 aliphatic rings. The molecule has 24 heavy (non-hydrogen) atoms. The van der Waals surface area contributed by atoms with Crippen LogP contribution in [-0.2, 0) is 10.0 Å². The fraction of sp³-hybridized carbons (Fsp3) is 0.611. The Kier molecular flexibility index (Phi) is 4.35. The molecule has 0 saturated heterocycles. The van der Waals surface area contributed by atoms with Crippen LogP contribution in [0.25, 0.3) is 4.85 Å². The largest absolute Gasteiger partial charge is 0.488 e. The first-order valence-corrected chi connectivity index (χ1v) is 10.1. The second-order valence-corrected chi connectivity index (χ2v) is 9.54. The van der Waals surface area contributed by atoms with Gasteiger partial charge in [-0.25, -0.2) is 13.3 Å². The lowest BCUT2D eigenvalue weighted by molar-refractivity contribution is 0.0496. The number of benzene rings is 1. The fourth-order valence-electron chi connectivity index (χ4n) is 3.29. The zero-order valence-electron chi connectivity index (χ0n) is 14.4. The van der Waals surface area contributed by atoms with Crippen molar-refractivity contribution in [1.29, 1.82) is 0 Å². The molecule has 0 N–H and O–H groups in total. The molecule has 1 saturated carbocycles. The summed E-state index contributed by atoms with van der Waals surface area (Å²) in [6.07, 6.45) is 2.78. The lowest BCUT2D eigenvalue weighted by Gasteiger charge is -2.42. The molecule has 1 aromatic carbocycles. The Bertz CT molecular complexity index is 776. The lowest BCUT2D eigenvalue weighted by Crippen LogP contribution is -2.45. The standard InChI is InChI=1S/C18H24N2O3S/c1-5-24(21,22)20(12-13-6-7-13)16-11-18(2,3)23-17-9-8-14(19-4)10-15(16)17/h8-10,13,16H,5-7,11-12H2,1-3H3. The average molecular weight is 348 g/mol. The molecule has 5 nitrogen and oxygen atoms in total. The molecule has 0 radical (unpaired) electrons. The van der Waals surface area contributed by atoms with Gasteiger partial charge in [0, 0.05) is 18.5 Å². The Morgan fingerprint density at radius 1 is 1.38 bits per heavy atom. The third kappa shape index (κ3) is 3.42. The summed E-state index contributed by atoms with van der Waals surface area (Å²) in [5, 5.41) is 0. The molecule has 0 bridgehead atoms. The zero-order chi connectivity index (χ0) is 17.5. The van der Waals surface area contributed by atoms with E-state index < -0.39 is 15.6 Å². The number of rotatable bonds is 5. The van der Waals surface area contributed by atoms with E-state index in [0.29, 0.717) is 30.3 Å². The molecular weight excluding hydrogens is 324 g/mol. The molecule has 1 heterocycles. The summed E-state index contributed by atoms with van der Waals surface area (Å²) in [5.41, 5.74) is 0.894. The summed E-state index contributed by atoms with van der Waals surface area (Å²) in [6.45, 7) is 13.5. The van der Waals surface area contributed by atoms with Crippen molar-refractivity contribution >= 4 is 15.7 Å². The van der Waals surface area contributed by atoms with E-state index in [1.807, 2.05) is 13.8 Å². The molecule has 0 aromatic heterocycles. The first-order valence-electron chi connectivity index (χ1n) is 8.45. The number of hydrogen-bond donors (Lipinski definition) is 0. The van der Waals surface area contributed by atoms with Crippen LogP contribution in [0.4, 0.5) is 5.69 Å². The molecule has 0 amide bonds. The van der Waals surface area contributed by atoms with Gasteiger partial charge in [0.2, 0.25) is 10.0 Å². The number of nitrogens with zero attached hydrogens (tertiary/aromatic N) is 2. The minimum atomic E-state index is -3.33. The third-order valence-corrected chi connectivity index (χ3v) is 6.61. The van der Waals surface area contributed by atoms with Gasteiger partial charge in [-0.05, 0) is 51.7 Å². The van der Waals surface area contributed by atoms with Gasteiger partial charge in [-0.1, -0.05) is 6.07 Å². The molecular formula is C18H24N2O3S. The Morgan fingerprint density at radius 2 is 2.08 bits per heavy atom. The zero-order valence-corrected chi connectivity index (χ0v) is 15.3. The summed E-state index contributed by atoms with van der Waals surface area (Å²) in [5.74, 6) is 1.25. The van der Waals surface area contributed by atoms with Crippen LogP contribution in [0.5, 0.6) is 5.75 Å². The monoisotopic (exact) mass is 348 g/mol. The Hall–Kier alpha value is -1.58. The van der Waals surface area contributed by atoms with Crippen molar-refractivity contribution < 1.29 is 13.2 Å². The van der Waals surface area contributed by atoms with Gasteiger partial charge in [0.05, 0.1) is 18.4 Å². The van der Waals surface area contributed by atoms with E-state index >= 15 is 0 Å². The van der Waals surface area contributed by atoms with Gasteiger partial charge in [-0.15, -0.1) is 0 Å². The van der Waals surface area contributed by atoms with Crippen molar-refractivity contribution in [1.82, 2.24) is 4.31 Å². The van der Waals surface area contributed by atoms with Crippen LogP contribution in [0, 0.1) is 12.5 Å². The first kappa shape index (κ1) is 17.2. The van der Waals surface area contributed by atoms with Gasteiger partial charge in [0.25, 0.3) is 0 Å². The van der Waals surface area contributed by atoms with Crippen molar-refractivity contribution in [3.8, 4) is 5.75 Å². The average Bonchev–Trinajstić information content (AvgIpc) is 3.34. The number of sulfonamides is 1. The van der Waals surface area contributed by atoms with Crippen LogP contribution in [-0.4, -0.2) is 30.6 Å². The molecule has 1 aromatic rings. The second kappa shape index (κ2) is 6.05. The van der Waals surface area contributed by atoms with E-state index in [2.05, 4.69) is 4.85 Å². The molecule has 1 atom stereocenters. The van der Waals surface area contributed by atoms with Gasteiger partial charge in [-0.3, -0.25) is 0 Å². The maximum atomic E-state index is 12.8. The van der Waals surface area contributed by atoms with Gasteiger partial charge in [0.15, 0.2) is 5.69 Å². The van der Waals surface area contributed by atoms with Crippen LogP contribution in [0.3, 0.4) is 0 Å². The Balaban J connectivity index is 2.08. The lowest BCUT2D eigenvalue weighted by atomic mass is 9.89. The van der Waals surface area contributed by atoms with Crippen molar-refractivity contribution in [2.24, 2.45) is 5.92 Å². The normalized spacial score (nSPS) is 22.5. The maximum Gasteiger partial charge on any atom is 0.214 e. The molecule has 1 fully saturated rings. The highest BCUT2D eigenvalue weighted by Gasteiger charge is 2.42. The SMILES string of the molecule is [C-]#[N+]c1ccc2c(c1)C(N(CC1CC1)S(=O)(=O)CC)CC(C)(C)O2.